The number of ether oxygens (including phenoxy) is 1. The Morgan fingerprint density at radius 1 is 1.16 bits per heavy atom. The fourth-order valence-corrected chi connectivity index (χ4v) is 3.99. The zero-order chi connectivity index (χ0) is 22.5. The van der Waals surface area contributed by atoms with Gasteiger partial charge >= 0.3 is 0 Å². The van der Waals surface area contributed by atoms with Gasteiger partial charge in [-0.1, -0.05) is 41.1 Å². The van der Waals surface area contributed by atoms with Gasteiger partial charge in [0.2, 0.25) is 5.13 Å². The van der Waals surface area contributed by atoms with Crippen LogP contribution in [0.15, 0.2) is 77.9 Å². The van der Waals surface area contributed by atoms with Crippen LogP contribution in [0.1, 0.15) is 11.1 Å². The standard InChI is InChI=1S/C24H17ClFN3O2S/c1-31-19-10-6-16(7-11-19)15-27-29(23(30)13-8-17-4-2-3-5-20(17)25)24-28-21-12-9-18(26)14-22(21)32-24/h2-15H,1H3/b13-8+,27-15+. The molecule has 0 bridgehead atoms. The Morgan fingerprint density at radius 2 is 1.94 bits per heavy atom. The summed E-state index contributed by atoms with van der Waals surface area (Å²) in [5, 5.41) is 6.39. The number of nitrogens with zero attached hydrogens (tertiary/aromatic N) is 3. The average Bonchev–Trinajstić information content (AvgIpc) is 3.21. The van der Waals surface area contributed by atoms with Crippen LogP contribution in [0.2, 0.25) is 5.02 Å². The summed E-state index contributed by atoms with van der Waals surface area (Å²) >= 11 is 7.35. The van der Waals surface area contributed by atoms with Gasteiger partial charge in [0.1, 0.15) is 11.6 Å². The molecule has 3 aromatic carbocycles. The minimum Gasteiger partial charge on any atom is -0.497 e. The maximum atomic E-state index is 13.6. The van der Waals surface area contributed by atoms with E-state index in [4.69, 9.17) is 16.3 Å². The van der Waals surface area contributed by atoms with Crippen molar-refractivity contribution >= 4 is 56.5 Å². The third-order valence-corrected chi connectivity index (χ3v) is 5.82. The van der Waals surface area contributed by atoms with Crippen molar-refractivity contribution in [3.63, 3.8) is 0 Å². The first kappa shape index (κ1) is 21.7. The summed E-state index contributed by atoms with van der Waals surface area (Å²) in [6.45, 7) is 0. The van der Waals surface area contributed by atoms with Crippen molar-refractivity contribution in [2.45, 2.75) is 0 Å². The Labute approximate surface area is 193 Å². The largest absolute Gasteiger partial charge is 0.497 e. The van der Waals surface area contributed by atoms with E-state index in [9.17, 15) is 9.18 Å². The maximum Gasteiger partial charge on any atom is 0.273 e. The third kappa shape index (κ3) is 5.01. The lowest BCUT2D eigenvalue weighted by Gasteiger charge is -2.11. The van der Waals surface area contributed by atoms with Crippen LogP contribution in [0.4, 0.5) is 9.52 Å². The number of methoxy groups -OCH3 is 1. The fourth-order valence-electron chi connectivity index (χ4n) is 2.83. The molecule has 0 radical (unpaired) electrons. The Kier molecular flexibility index (Phi) is 6.58. The van der Waals surface area contributed by atoms with Gasteiger partial charge in [-0.3, -0.25) is 4.79 Å². The summed E-state index contributed by atoms with van der Waals surface area (Å²) < 4.78 is 19.4. The molecule has 5 nitrogen and oxygen atoms in total. The molecule has 1 amide bonds. The van der Waals surface area contributed by atoms with Crippen LogP contribution in [0.5, 0.6) is 5.75 Å². The molecule has 0 aliphatic heterocycles. The zero-order valence-corrected chi connectivity index (χ0v) is 18.5. The van der Waals surface area contributed by atoms with Gasteiger partial charge in [0.15, 0.2) is 0 Å². The number of halogens is 2. The molecule has 32 heavy (non-hydrogen) atoms. The first-order valence-corrected chi connectivity index (χ1v) is 10.7. The molecular weight excluding hydrogens is 449 g/mol. The first-order chi connectivity index (χ1) is 15.5. The number of rotatable bonds is 6. The monoisotopic (exact) mass is 465 g/mol. The Balaban J connectivity index is 1.68. The van der Waals surface area contributed by atoms with Crippen LogP contribution in [0.25, 0.3) is 16.3 Å². The number of carbonyl (C=O) groups is 1. The van der Waals surface area contributed by atoms with E-state index in [1.54, 1.807) is 49.7 Å². The number of thiazole rings is 1. The van der Waals surface area contributed by atoms with Gasteiger partial charge < -0.3 is 4.74 Å². The molecular formula is C24H17ClFN3O2S. The lowest BCUT2D eigenvalue weighted by atomic mass is 10.2. The number of anilines is 1. The second-order valence-corrected chi connectivity index (χ2v) is 8.05. The second kappa shape index (κ2) is 9.72. The number of fused-ring (bicyclic) bond motifs is 1. The van der Waals surface area contributed by atoms with Crippen molar-refractivity contribution in [1.82, 2.24) is 4.98 Å². The number of amides is 1. The molecule has 0 spiro atoms. The molecule has 0 atom stereocenters. The second-order valence-electron chi connectivity index (χ2n) is 6.63. The highest BCUT2D eigenvalue weighted by Crippen LogP contribution is 2.30. The molecule has 0 aliphatic rings. The summed E-state index contributed by atoms with van der Waals surface area (Å²) in [5.41, 5.74) is 2.05. The third-order valence-electron chi connectivity index (χ3n) is 4.48. The molecule has 160 valence electrons. The maximum absolute atomic E-state index is 13.6. The first-order valence-electron chi connectivity index (χ1n) is 9.54. The zero-order valence-electron chi connectivity index (χ0n) is 16.9. The topological polar surface area (TPSA) is 54.8 Å². The van der Waals surface area contributed by atoms with E-state index >= 15 is 0 Å². The molecule has 0 N–H and O–H groups in total. The van der Waals surface area contributed by atoms with Crippen LogP contribution >= 0.6 is 22.9 Å². The molecule has 8 heteroatoms. The van der Waals surface area contributed by atoms with Crippen LogP contribution < -0.4 is 9.75 Å². The molecule has 0 saturated carbocycles. The summed E-state index contributed by atoms with van der Waals surface area (Å²) in [7, 11) is 1.59. The number of hydrogen-bond donors (Lipinski definition) is 0. The van der Waals surface area contributed by atoms with Crippen molar-refractivity contribution in [2.24, 2.45) is 5.10 Å². The summed E-state index contributed by atoms with van der Waals surface area (Å²) in [6, 6.07) is 18.7. The number of aromatic nitrogens is 1. The Bertz CT molecular complexity index is 1320. The fraction of sp³-hybridized carbons (Fsp3) is 0.0417. The van der Waals surface area contributed by atoms with E-state index in [0.29, 0.717) is 31.7 Å². The smallest absolute Gasteiger partial charge is 0.273 e. The average molecular weight is 466 g/mol. The van der Waals surface area contributed by atoms with Gasteiger partial charge in [-0.05, 0) is 65.7 Å². The minimum absolute atomic E-state index is 0.323. The van der Waals surface area contributed by atoms with Crippen molar-refractivity contribution in [1.29, 1.82) is 0 Å². The van der Waals surface area contributed by atoms with Gasteiger partial charge in [0.05, 0.1) is 23.5 Å². The molecule has 0 aliphatic carbocycles. The van der Waals surface area contributed by atoms with Crippen molar-refractivity contribution in [2.75, 3.05) is 12.1 Å². The number of hydrazone groups is 1. The van der Waals surface area contributed by atoms with Crippen LogP contribution in [-0.4, -0.2) is 24.2 Å². The van der Waals surface area contributed by atoms with Gasteiger partial charge in [-0.2, -0.15) is 10.1 Å². The van der Waals surface area contributed by atoms with Crippen molar-refractivity contribution in [3.05, 3.63) is 94.8 Å². The number of benzene rings is 3. The van der Waals surface area contributed by atoms with Gasteiger partial charge in [0, 0.05) is 11.1 Å². The molecule has 1 heterocycles. The van der Waals surface area contributed by atoms with Crippen LogP contribution in [-0.2, 0) is 4.79 Å². The predicted octanol–water partition coefficient (Wildman–Crippen LogP) is 6.18. The Hall–Kier alpha value is -3.55. The van der Waals surface area contributed by atoms with E-state index < -0.39 is 5.91 Å². The highest BCUT2D eigenvalue weighted by atomic mass is 35.5. The molecule has 0 unspecified atom stereocenters. The SMILES string of the molecule is COc1ccc(/C=N/N(C(=O)/C=C/c2ccccc2Cl)c2nc3ccc(F)cc3s2)cc1. The molecule has 1 aromatic heterocycles. The summed E-state index contributed by atoms with van der Waals surface area (Å²) in [6.07, 6.45) is 4.54. The highest BCUT2D eigenvalue weighted by Gasteiger charge is 2.17. The normalized spacial score (nSPS) is 11.5. The predicted molar refractivity (Wildman–Crippen MR) is 128 cm³/mol. The van der Waals surface area contributed by atoms with E-state index in [2.05, 4.69) is 10.1 Å². The van der Waals surface area contributed by atoms with E-state index in [-0.39, 0.29) is 5.82 Å². The quantitative estimate of drug-likeness (QED) is 0.194. The van der Waals surface area contributed by atoms with E-state index in [0.717, 1.165) is 5.56 Å². The summed E-state index contributed by atoms with van der Waals surface area (Å²) in [5.74, 6) is -0.0777. The van der Waals surface area contributed by atoms with Gasteiger partial charge in [-0.25, -0.2) is 9.37 Å². The lowest BCUT2D eigenvalue weighted by Crippen LogP contribution is -2.23. The number of hydrogen-bond acceptors (Lipinski definition) is 5. The summed E-state index contributed by atoms with van der Waals surface area (Å²) in [4.78, 5) is 17.5. The van der Waals surface area contributed by atoms with E-state index in [1.165, 1.54) is 34.6 Å². The van der Waals surface area contributed by atoms with Gasteiger partial charge in [-0.15, -0.1) is 0 Å². The molecule has 4 aromatic rings. The van der Waals surface area contributed by atoms with Crippen molar-refractivity contribution in [3.8, 4) is 5.75 Å². The van der Waals surface area contributed by atoms with Gasteiger partial charge in [0.25, 0.3) is 5.91 Å². The van der Waals surface area contributed by atoms with Crippen molar-refractivity contribution < 1.29 is 13.9 Å². The number of carbonyl (C=O) groups excluding carboxylic acids is 1. The highest BCUT2D eigenvalue weighted by molar-refractivity contribution is 7.22. The molecule has 4 rings (SSSR count). The Morgan fingerprint density at radius 3 is 2.69 bits per heavy atom. The minimum atomic E-state index is -0.422. The van der Waals surface area contributed by atoms with E-state index in [1.807, 2.05) is 24.3 Å². The van der Waals surface area contributed by atoms with Crippen LogP contribution in [0, 0.1) is 5.82 Å². The molecule has 0 saturated heterocycles. The van der Waals surface area contributed by atoms with Crippen LogP contribution in [0.3, 0.4) is 0 Å². The lowest BCUT2D eigenvalue weighted by molar-refractivity contribution is -0.114. The molecule has 0 fully saturated rings.